The molecular formula is C13H17ClF2N2O2. The van der Waals surface area contributed by atoms with Gasteiger partial charge in [-0.2, -0.15) is 0 Å². The maximum absolute atomic E-state index is 13.3. The van der Waals surface area contributed by atoms with E-state index in [1.807, 2.05) is 6.92 Å². The fraction of sp³-hybridized carbons (Fsp3) is 0.462. The second-order valence-electron chi connectivity index (χ2n) is 4.50. The topological polar surface area (TPSA) is 41.6 Å². The summed E-state index contributed by atoms with van der Waals surface area (Å²) in [5.41, 5.74) is 0. The minimum Gasteiger partial charge on any atom is -0.481 e. The number of benzene rings is 1. The molecule has 7 heteroatoms. The van der Waals surface area contributed by atoms with Crippen LogP contribution in [0.2, 0.25) is 0 Å². The molecule has 1 fully saturated rings. The smallest absolute Gasteiger partial charge is 0.260 e. The summed E-state index contributed by atoms with van der Waals surface area (Å²) in [7, 11) is 0. The summed E-state index contributed by atoms with van der Waals surface area (Å²) in [6, 6.07) is 3.09. The molecule has 1 aromatic carbocycles. The lowest BCUT2D eigenvalue weighted by molar-refractivity contribution is -0.136. The van der Waals surface area contributed by atoms with Gasteiger partial charge in [-0.1, -0.05) is 0 Å². The van der Waals surface area contributed by atoms with E-state index in [0.717, 1.165) is 25.2 Å². The van der Waals surface area contributed by atoms with Gasteiger partial charge in [-0.25, -0.2) is 8.78 Å². The number of nitrogens with one attached hydrogen (secondary N) is 1. The molecule has 1 amide bonds. The van der Waals surface area contributed by atoms with Crippen molar-refractivity contribution in [2.75, 3.05) is 26.2 Å². The molecule has 1 atom stereocenters. The molecule has 1 heterocycles. The second kappa shape index (κ2) is 7.40. The highest BCUT2D eigenvalue weighted by molar-refractivity contribution is 5.85. The third-order valence-corrected chi connectivity index (χ3v) is 3.07. The van der Waals surface area contributed by atoms with E-state index in [2.05, 4.69) is 5.32 Å². The van der Waals surface area contributed by atoms with E-state index in [0.29, 0.717) is 6.54 Å². The minimum absolute atomic E-state index is 0. The SMILES string of the molecule is C[C@@H]1CNCCN1C(=O)COc1ccc(F)cc1F.Cl. The molecule has 0 aliphatic carbocycles. The first-order valence-electron chi connectivity index (χ1n) is 6.16. The lowest BCUT2D eigenvalue weighted by Gasteiger charge is -2.33. The fourth-order valence-electron chi connectivity index (χ4n) is 2.03. The monoisotopic (exact) mass is 306 g/mol. The van der Waals surface area contributed by atoms with Crippen molar-refractivity contribution in [2.24, 2.45) is 0 Å². The molecule has 0 bridgehead atoms. The predicted octanol–water partition coefficient (Wildman–Crippen LogP) is 1.59. The second-order valence-corrected chi connectivity index (χ2v) is 4.50. The lowest BCUT2D eigenvalue weighted by Crippen LogP contribution is -2.53. The summed E-state index contributed by atoms with van der Waals surface area (Å²) in [6.45, 7) is 3.77. The van der Waals surface area contributed by atoms with E-state index in [1.54, 1.807) is 4.90 Å². The normalized spacial score (nSPS) is 18.4. The van der Waals surface area contributed by atoms with Gasteiger partial charge in [0, 0.05) is 31.7 Å². The summed E-state index contributed by atoms with van der Waals surface area (Å²) in [5, 5.41) is 3.17. The summed E-state index contributed by atoms with van der Waals surface area (Å²) in [5.74, 6) is -1.79. The Balaban J connectivity index is 0.00000200. The zero-order valence-corrected chi connectivity index (χ0v) is 11.9. The summed E-state index contributed by atoms with van der Waals surface area (Å²) >= 11 is 0. The molecule has 0 saturated carbocycles. The van der Waals surface area contributed by atoms with Gasteiger partial charge in [0.25, 0.3) is 5.91 Å². The van der Waals surface area contributed by atoms with Crippen molar-refractivity contribution in [3.8, 4) is 5.75 Å². The number of ether oxygens (including phenoxy) is 1. The Bertz CT molecular complexity index is 474. The van der Waals surface area contributed by atoms with Crippen LogP contribution in [0, 0.1) is 11.6 Å². The molecule has 1 saturated heterocycles. The lowest BCUT2D eigenvalue weighted by atomic mass is 10.2. The van der Waals surface area contributed by atoms with Crippen molar-refractivity contribution < 1.29 is 18.3 Å². The Hall–Kier alpha value is -1.40. The zero-order valence-electron chi connectivity index (χ0n) is 11.1. The Labute approximate surface area is 122 Å². The molecule has 1 N–H and O–H groups in total. The number of halogens is 3. The molecule has 4 nitrogen and oxygen atoms in total. The average Bonchev–Trinajstić information content (AvgIpc) is 2.38. The maximum Gasteiger partial charge on any atom is 0.260 e. The molecule has 1 aliphatic heterocycles. The van der Waals surface area contributed by atoms with Gasteiger partial charge in [-0.15, -0.1) is 12.4 Å². The van der Waals surface area contributed by atoms with Gasteiger partial charge >= 0.3 is 0 Å². The van der Waals surface area contributed by atoms with Crippen LogP contribution in [0.25, 0.3) is 0 Å². The third kappa shape index (κ3) is 4.05. The Kier molecular flexibility index (Phi) is 6.16. The zero-order chi connectivity index (χ0) is 13.8. The highest BCUT2D eigenvalue weighted by atomic mass is 35.5. The molecule has 2 rings (SSSR count). The molecule has 0 spiro atoms. The molecule has 0 radical (unpaired) electrons. The molecule has 1 aromatic rings. The van der Waals surface area contributed by atoms with Gasteiger partial charge in [0.05, 0.1) is 0 Å². The van der Waals surface area contributed by atoms with E-state index in [1.165, 1.54) is 6.07 Å². The number of piperazine rings is 1. The van der Waals surface area contributed by atoms with Gasteiger partial charge in [-0.05, 0) is 19.1 Å². The van der Waals surface area contributed by atoms with Crippen LogP contribution >= 0.6 is 12.4 Å². The van der Waals surface area contributed by atoms with Crippen LogP contribution in [-0.4, -0.2) is 43.1 Å². The van der Waals surface area contributed by atoms with Gasteiger partial charge in [0.1, 0.15) is 5.82 Å². The van der Waals surface area contributed by atoms with Crippen LogP contribution in [0.3, 0.4) is 0 Å². The fourth-order valence-corrected chi connectivity index (χ4v) is 2.03. The van der Waals surface area contributed by atoms with Crippen molar-refractivity contribution in [3.05, 3.63) is 29.8 Å². The first-order chi connectivity index (χ1) is 9.08. The molecule has 1 aliphatic rings. The van der Waals surface area contributed by atoms with Gasteiger partial charge in [0.15, 0.2) is 18.2 Å². The predicted molar refractivity (Wildman–Crippen MR) is 73.1 cm³/mol. The van der Waals surface area contributed by atoms with Crippen LogP contribution < -0.4 is 10.1 Å². The average molecular weight is 307 g/mol. The maximum atomic E-state index is 13.3. The van der Waals surface area contributed by atoms with Crippen LogP contribution in [-0.2, 0) is 4.79 Å². The van der Waals surface area contributed by atoms with Crippen molar-refractivity contribution in [3.63, 3.8) is 0 Å². The number of hydrogen-bond acceptors (Lipinski definition) is 3. The van der Waals surface area contributed by atoms with Gasteiger partial charge in [-0.3, -0.25) is 4.79 Å². The highest BCUT2D eigenvalue weighted by Gasteiger charge is 2.23. The van der Waals surface area contributed by atoms with Crippen molar-refractivity contribution in [1.29, 1.82) is 0 Å². The number of amides is 1. The van der Waals surface area contributed by atoms with Crippen LogP contribution in [0.15, 0.2) is 18.2 Å². The molecule has 20 heavy (non-hydrogen) atoms. The molecular weight excluding hydrogens is 290 g/mol. The van der Waals surface area contributed by atoms with Gasteiger partial charge in [0.2, 0.25) is 0 Å². The standard InChI is InChI=1S/C13H16F2N2O2.ClH/c1-9-7-16-4-5-17(9)13(18)8-19-12-3-2-10(14)6-11(12)15;/h2-3,6,9,16H,4-5,7-8H2,1H3;1H/t9-;/m1./s1. The Morgan fingerprint density at radius 2 is 2.25 bits per heavy atom. The van der Waals surface area contributed by atoms with E-state index < -0.39 is 11.6 Å². The highest BCUT2D eigenvalue weighted by Crippen LogP contribution is 2.17. The largest absolute Gasteiger partial charge is 0.481 e. The van der Waals surface area contributed by atoms with Crippen molar-refractivity contribution in [1.82, 2.24) is 10.2 Å². The number of rotatable bonds is 3. The van der Waals surface area contributed by atoms with Gasteiger partial charge < -0.3 is 15.0 Å². The first-order valence-corrected chi connectivity index (χ1v) is 6.16. The van der Waals surface area contributed by atoms with E-state index in [9.17, 15) is 13.6 Å². The number of carbonyl (C=O) groups excluding carboxylic acids is 1. The third-order valence-electron chi connectivity index (χ3n) is 3.07. The quantitative estimate of drug-likeness (QED) is 0.922. The van der Waals surface area contributed by atoms with E-state index >= 15 is 0 Å². The number of hydrogen-bond donors (Lipinski definition) is 1. The van der Waals surface area contributed by atoms with E-state index in [-0.39, 0.29) is 36.7 Å². The van der Waals surface area contributed by atoms with Crippen molar-refractivity contribution in [2.45, 2.75) is 13.0 Å². The van der Waals surface area contributed by atoms with Crippen LogP contribution in [0.1, 0.15) is 6.92 Å². The van der Waals surface area contributed by atoms with Crippen LogP contribution in [0.5, 0.6) is 5.75 Å². The van der Waals surface area contributed by atoms with E-state index in [4.69, 9.17) is 4.74 Å². The minimum atomic E-state index is -0.804. The molecule has 0 unspecified atom stereocenters. The molecule has 0 aromatic heterocycles. The number of carbonyl (C=O) groups is 1. The van der Waals surface area contributed by atoms with Crippen LogP contribution in [0.4, 0.5) is 8.78 Å². The first kappa shape index (κ1) is 16.7. The summed E-state index contributed by atoms with van der Waals surface area (Å²) in [4.78, 5) is 13.6. The summed E-state index contributed by atoms with van der Waals surface area (Å²) in [6.07, 6.45) is 0. The molecule has 112 valence electrons. The summed E-state index contributed by atoms with van der Waals surface area (Å²) < 4.78 is 31.1. The Morgan fingerprint density at radius 3 is 2.90 bits per heavy atom. The number of nitrogens with zero attached hydrogens (tertiary/aromatic N) is 1. The van der Waals surface area contributed by atoms with Crippen molar-refractivity contribution >= 4 is 18.3 Å². The Morgan fingerprint density at radius 1 is 1.50 bits per heavy atom.